The van der Waals surface area contributed by atoms with Gasteiger partial charge >= 0.3 is 16.4 Å². The number of allylic oxidation sites excluding steroid dienone is 2. The van der Waals surface area contributed by atoms with Crippen LogP contribution in [0.3, 0.4) is 0 Å². The molecular formula is C31H58O12S. The molecule has 6 atom stereocenters. The van der Waals surface area contributed by atoms with E-state index in [1.165, 1.54) is 44.9 Å². The van der Waals surface area contributed by atoms with Gasteiger partial charge in [-0.15, -0.1) is 0 Å². The fourth-order valence-corrected chi connectivity index (χ4v) is 5.35. The lowest BCUT2D eigenvalue weighted by molar-refractivity contribution is -0.301. The van der Waals surface area contributed by atoms with Gasteiger partial charge in [0.1, 0.15) is 30.5 Å². The maximum atomic E-state index is 12.4. The number of hydrogen-bond donors (Lipinski definition) is 4. The Labute approximate surface area is 264 Å². The Kier molecular flexibility index (Phi) is 23.2. The molecule has 0 aromatic heterocycles. The van der Waals surface area contributed by atoms with Crippen LogP contribution in [-0.2, 0) is 38.3 Å². The zero-order valence-corrected chi connectivity index (χ0v) is 27.5. The van der Waals surface area contributed by atoms with Crippen molar-refractivity contribution < 1.29 is 56.2 Å². The molecule has 1 fully saturated rings. The van der Waals surface area contributed by atoms with Gasteiger partial charge in [-0.05, 0) is 38.5 Å². The number of rotatable bonds is 27. The van der Waals surface area contributed by atoms with Crippen LogP contribution in [0.15, 0.2) is 12.2 Å². The Morgan fingerprint density at radius 3 is 2.07 bits per heavy atom. The standard InChI is InChI=1S/C31H58O12S/c1-3-5-7-9-10-11-12-13-14-15-16-17-19-21-39-23-25(41-27(33)20-18-8-6-4-2)24-40-31-29(35)30(43-44(36,37)38)28(34)26(22-32)42-31/h10-11,25-26,28-32,34-35H,3-9,12-24H2,1-2H3,(H,36,37,38)/b11-10-. The maximum absolute atomic E-state index is 12.4. The van der Waals surface area contributed by atoms with Gasteiger partial charge in [-0.3, -0.25) is 9.35 Å². The predicted molar refractivity (Wildman–Crippen MR) is 165 cm³/mol. The minimum atomic E-state index is -5.04. The second-order valence-electron chi connectivity index (χ2n) is 11.4. The Morgan fingerprint density at radius 1 is 0.841 bits per heavy atom. The van der Waals surface area contributed by atoms with Gasteiger partial charge in [0.05, 0.1) is 19.8 Å². The summed E-state index contributed by atoms with van der Waals surface area (Å²) < 4.78 is 58.2. The number of hydrogen-bond acceptors (Lipinski definition) is 11. The number of carbonyl (C=O) groups excluding carboxylic acids is 1. The minimum absolute atomic E-state index is 0.0328. The van der Waals surface area contributed by atoms with Crippen molar-refractivity contribution in [1.29, 1.82) is 0 Å². The third-order valence-electron chi connectivity index (χ3n) is 7.39. The highest BCUT2D eigenvalue weighted by atomic mass is 32.3. The third-order valence-corrected chi connectivity index (χ3v) is 7.85. The highest BCUT2D eigenvalue weighted by Crippen LogP contribution is 2.26. The first-order chi connectivity index (χ1) is 21.1. The SMILES string of the molecule is CCCCC/C=C\CCCCCCCCOCC(COC1OC(CO)C(O)C(OS(=O)(=O)O)C1O)OC(=O)CCCCCC. The largest absolute Gasteiger partial charge is 0.457 e. The second-order valence-corrected chi connectivity index (χ2v) is 12.5. The lowest BCUT2D eigenvalue weighted by Crippen LogP contribution is -2.60. The van der Waals surface area contributed by atoms with E-state index in [1.54, 1.807) is 0 Å². The van der Waals surface area contributed by atoms with E-state index in [1.807, 2.05) is 0 Å². The minimum Gasteiger partial charge on any atom is -0.457 e. The van der Waals surface area contributed by atoms with Crippen molar-refractivity contribution in [3.05, 3.63) is 12.2 Å². The fraction of sp³-hybridized carbons (Fsp3) is 0.903. The molecule has 0 amide bonds. The molecule has 0 bridgehead atoms. The fourth-order valence-electron chi connectivity index (χ4n) is 4.84. The summed E-state index contributed by atoms with van der Waals surface area (Å²) in [5.41, 5.74) is 0. The quantitative estimate of drug-likeness (QED) is 0.0425. The number of esters is 1. The smallest absolute Gasteiger partial charge is 0.397 e. The molecule has 0 radical (unpaired) electrons. The van der Waals surface area contributed by atoms with Crippen molar-refractivity contribution in [2.75, 3.05) is 26.4 Å². The predicted octanol–water partition coefficient (Wildman–Crippen LogP) is 4.40. The van der Waals surface area contributed by atoms with E-state index in [9.17, 15) is 28.5 Å². The molecule has 44 heavy (non-hydrogen) atoms. The van der Waals surface area contributed by atoms with E-state index in [2.05, 4.69) is 30.2 Å². The van der Waals surface area contributed by atoms with Crippen LogP contribution in [0.25, 0.3) is 0 Å². The summed E-state index contributed by atoms with van der Waals surface area (Å²) in [4.78, 5) is 12.4. The summed E-state index contributed by atoms with van der Waals surface area (Å²) in [5, 5.41) is 30.2. The summed E-state index contributed by atoms with van der Waals surface area (Å²) in [6.07, 6.45) is 11.9. The molecular weight excluding hydrogens is 596 g/mol. The number of ether oxygens (including phenoxy) is 4. The van der Waals surface area contributed by atoms with Gasteiger partial charge in [-0.1, -0.05) is 83.8 Å². The van der Waals surface area contributed by atoms with Crippen LogP contribution in [-0.4, -0.2) is 97.5 Å². The van der Waals surface area contributed by atoms with Crippen LogP contribution in [0.5, 0.6) is 0 Å². The Bertz CT molecular complexity index is 853. The normalized spacial score (nSPS) is 23.3. The van der Waals surface area contributed by atoms with Gasteiger partial charge in [-0.25, -0.2) is 4.18 Å². The lowest BCUT2D eigenvalue weighted by atomic mass is 9.99. The molecule has 260 valence electrons. The molecule has 1 aliphatic rings. The summed E-state index contributed by atoms with van der Waals surface area (Å²) in [5.74, 6) is -0.421. The van der Waals surface area contributed by atoms with Crippen LogP contribution in [0, 0.1) is 0 Å². The van der Waals surface area contributed by atoms with E-state index in [0.717, 1.165) is 44.9 Å². The van der Waals surface area contributed by atoms with Crippen molar-refractivity contribution in [3.63, 3.8) is 0 Å². The first-order valence-corrected chi connectivity index (χ1v) is 17.8. The van der Waals surface area contributed by atoms with Gasteiger partial charge in [-0.2, -0.15) is 8.42 Å². The first kappa shape index (κ1) is 40.9. The van der Waals surface area contributed by atoms with E-state index in [4.69, 9.17) is 23.5 Å². The molecule has 0 aliphatic carbocycles. The molecule has 0 saturated carbocycles. The Hall–Kier alpha value is -1.16. The van der Waals surface area contributed by atoms with Crippen LogP contribution in [0.2, 0.25) is 0 Å². The molecule has 1 saturated heterocycles. The van der Waals surface area contributed by atoms with Crippen LogP contribution >= 0.6 is 0 Å². The van der Waals surface area contributed by atoms with Crippen molar-refractivity contribution in [3.8, 4) is 0 Å². The first-order valence-electron chi connectivity index (χ1n) is 16.4. The van der Waals surface area contributed by atoms with Crippen molar-refractivity contribution in [1.82, 2.24) is 0 Å². The van der Waals surface area contributed by atoms with E-state index < -0.39 is 59.8 Å². The Balaban J connectivity index is 2.50. The van der Waals surface area contributed by atoms with Gasteiger partial charge in [0, 0.05) is 13.0 Å². The monoisotopic (exact) mass is 654 g/mol. The molecule has 1 rings (SSSR count). The average Bonchev–Trinajstić information content (AvgIpc) is 2.98. The summed E-state index contributed by atoms with van der Waals surface area (Å²) >= 11 is 0. The summed E-state index contributed by atoms with van der Waals surface area (Å²) in [6, 6.07) is 0. The second kappa shape index (κ2) is 25.0. The van der Waals surface area contributed by atoms with Crippen molar-refractivity contribution in [2.45, 2.75) is 153 Å². The number of unbranched alkanes of at least 4 members (excludes halogenated alkanes) is 12. The molecule has 12 nitrogen and oxygen atoms in total. The molecule has 13 heteroatoms. The average molecular weight is 655 g/mol. The Morgan fingerprint density at radius 2 is 1.43 bits per heavy atom. The summed E-state index contributed by atoms with van der Waals surface area (Å²) in [6.45, 7) is 3.77. The topological polar surface area (TPSA) is 178 Å². The van der Waals surface area contributed by atoms with Gasteiger partial charge in [0.15, 0.2) is 6.29 Å². The number of aliphatic hydroxyl groups excluding tert-OH is 3. The van der Waals surface area contributed by atoms with E-state index in [0.29, 0.717) is 13.0 Å². The lowest BCUT2D eigenvalue weighted by Gasteiger charge is -2.41. The third kappa shape index (κ3) is 19.4. The molecule has 1 aliphatic heterocycles. The van der Waals surface area contributed by atoms with Crippen LogP contribution in [0.1, 0.15) is 117 Å². The van der Waals surface area contributed by atoms with Crippen molar-refractivity contribution in [2.24, 2.45) is 0 Å². The van der Waals surface area contributed by atoms with Crippen LogP contribution < -0.4 is 0 Å². The zero-order valence-electron chi connectivity index (χ0n) is 26.7. The molecule has 4 N–H and O–H groups in total. The number of carbonyl (C=O) groups is 1. The van der Waals surface area contributed by atoms with E-state index in [-0.39, 0.29) is 19.6 Å². The highest BCUT2D eigenvalue weighted by Gasteiger charge is 2.48. The van der Waals surface area contributed by atoms with Crippen molar-refractivity contribution >= 4 is 16.4 Å². The van der Waals surface area contributed by atoms with Crippen LogP contribution in [0.4, 0.5) is 0 Å². The zero-order chi connectivity index (χ0) is 32.6. The molecule has 1 heterocycles. The molecule has 0 spiro atoms. The van der Waals surface area contributed by atoms with Gasteiger partial charge in [0.25, 0.3) is 0 Å². The van der Waals surface area contributed by atoms with Gasteiger partial charge in [0.2, 0.25) is 0 Å². The van der Waals surface area contributed by atoms with E-state index >= 15 is 0 Å². The van der Waals surface area contributed by atoms with Gasteiger partial charge < -0.3 is 34.3 Å². The summed E-state index contributed by atoms with van der Waals surface area (Å²) in [7, 11) is -5.04. The molecule has 0 aromatic rings. The number of aliphatic hydroxyl groups is 3. The maximum Gasteiger partial charge on any atom is 0.397 e. The molecule has 6 unspecified atom stereocenters. The molecule has 0 aromatic carbocycles. The highest BCUT2D eigenvalue weighted by molar-refractivity contribution is 7.80.